The van der Waals surface area contributed by atoms with Crippen LogP contribution >= 0.6 is 0 Å². The summed E-state index contributed by atoms with van der Waals surface area (Å²) in [5, 5.41) is 0. The molecule has 0 saturated carbocycles. The van der Waals surface area contributed by atoms with Crippen LogP contribution in [0, 0.1) is 11.8 Å². The summed E-state index contributed by atoms with van der Waals surface area (Å²) in [7, 11) is 0. The standard InChI is InChI=1S/C15H15F2NO/c1-2-19-13-7-5-11(6-8-13)3-4-12-9-14(16)15(17)18-10-12/h5-10H,2-4H2,1H3. The molecule has 2 aromatic rings. The van der Waals surface area contributed by atoms with Crippen LogP contribution in [0.3, 0.4) is 0 Å². The molecule has 1 aromatic carbocycles. The maximum atomic E-state index is 13.0. The Balaban J connectivity index is 1.96. The Morgan fingerprint density at radius 3 is 2.37 bits per heavy atom. The van der Waals surface area contributed by atoms with E-state index in [1.54, 1.807) is 0 Å². The lowest BCUT2D eigenvalue weighted by Gasteiger charge is -2.05. The smallest absolute Gasteiger partial charge is 0.248 e. The summed E-state index contributed by atoms with van der Waals surface area (Å²) in [5.74, 6) is -1.12. The number of hydrogen-bond acceptors (Lipinski definition) is 2. The molecule has 0 bridgehead atoms. The first-order chi connectivity index (χ1) is 9.19. The maximum absolute atomic E-state index is 13.0. The number of aryl methyl sites for hydroxylation is 2. The van der Waals surface area contributed by atoms with Gasteiger partial charge in [-0.15, -0.1) is 0 Å². The average molecular weight is 263 g/mol. The summed E-state index contributed by atoms with van der Waals surface area (Å²) in [6.07, 6.45) is 2.74. The average Bonchev–Trinajstić information content (AvgIpc) is 2.42. The highest BCUT2D eigenvalue weighted by Gasteiger charge is 2.04. The van der Waals surface area contributed by atoms with Crippen molar-refractivity contribution < 1.29 is 13.5 Å². The Morgan fingerprint density at radius 1 is 1.05 bits per heavy atom. The molecule has 0 aliphatic carbocycles. The van der Waals surface area contributed by atoms with Crippen LogP contribution in [0.4, 0.5) is 8.78 Å². The van der Waals surface area contributed by atoms with Crippen LogP contribution in [-0.2, 0) is 12.8 Å². The molecule has 0 N–H and O–H groups in total. The second-order valence-corrected chi connectivity index (χ2v) is 4.19. The minimum atomic E-state index is -1.05. The number of hydrogen-bond donors (Lipinski definition) is 0. The van der Waals surface area contributed by atoms with Gasteiger partial charge in [0.15, 0.2) is 5.82 Å². The molecule has 0 aliphatic rings. The number of rotatable bonds is 5. The van der Waals surface area contributed by atoms with Crippen LogP contribution < -0.4 is 4.74 Å². The molecule has 2 nitrogen and oxygen atoms in total. The second-order valence-electron chi connectivity index (χ2n) is 4.19. The molecule has 0 aliphatic heterocycles. The van der Waals surface area contributed by atoms with Crippen molar-refractivity contribution in [3.05, 3.63) is 59.4 Å². The van der Waals surface area contributed by atoms with Crippen molar-refractivity contribution in [2.75, 3.05) is 6.61 Å². The Hall–Kier alpha value is -1.97. The van der Waals surface area contributed by atoms with E-state index < -0.39 is 11.8 Å². The van der Waals surface area contributed by atoms with Crippen LogP contribution in [0.2, 0.25) is 0 Å². The summed E-state index contributed by atoms with van der Waals surface area (Å²) in [5.41, 5.74) is 1.81. The summed E-state index contributed by atoms with van der Waals surface area (Å²) >= 11 is 0. The van der Waals surface area contributed by atoms with Gasteiger partial charge < -0.3 is 4.74 Å². The molecular formula is C15H15F2NO. The third-order valence-corrected chi connectivity index (χ3v) is 2.79. The van der Waals surface area contributed by atoms with Gasteiger partial charge >= 0.3 is 0 Å². The lowest BCUT2D eigenvalue weighted by Crippen LogP contribution is -1.97. The summed E-state index contributed by atoms with van der Waals surface area (Å²) < 4.78 is 31.0. The van der Waals surface area contributed by atoms with Gasteiger partial charge in [-0.25, -0.2) is 9.37 Å². The summed E-state index contributed by atoms with van der Waals surface area (Å²) in [4.78, 5) is 3.37. The Morgan fingerprint density at radius 2 is 1.74 bits per heavy atom. The minimum Gasteiger partial charge on any atom is -0.494 e. The van der Waals surface area contributed by atoms with Gasteiger partial charge in [0.2, 0.25) is 5.95 Å². The summed E-state index contributed by atoms with van der Waals surface area (Å²) in [6, 6.07) is 8.94. The number of halogens is 2. The van der Waals surface area contributed by atoms with E-state index in [0.29, 0.717) is 18.6 Å². The van der Waals surface area contributed by atoms with E-state index in [0.717, 1.165) is 17.7 Å². The number of aromatic nitrogens is 1. The highest BCUT2D eigenvalue weighted by Crippen LogP contribution is 2.14. The molecule has 0 unspecified atom stereocenters. The van der Waals surface area contributed by atoms with Gasteiger partial charge in [0, 0.05) is 6.20 Å². The third-order valence-electron chi connectivity index (χ3n) is 2.79. The largest absolute Gasteiger partial charge is 0.494 e. The van der Waals surface area contributed by atoms with Gasteiger partial charge in [-0.1, -0.05) is 12.1 Å². The lowest BCUT2D eigenvalue weighted by molar-refractivity contribution is 0.340. The lowest BCUT2D eigenvalue weighted by atomic mass is 10.1. The van der Waals surface area contributed by atoms with E-state index in [1.807, 2.05) is 31.2 Å². The highest BCUT2D eigenvalue weighted by atomic mass is 19.2. The van der Waals surface area contributed by atoms with Crippen molar-refractivity contribution in [3.63, 3.8) is 0 Å². The van der Waals surface area contributed by atoms with Gasteiger partial charge in [0.05, 0.1) is 6.61 Å². The maximum Gasteiger partial charge on any atom is 0.248 e. The molecule has 0 saturated heterocycles. The monoisotopic (exact) mass is 263 g/mol. The van der Waals surface area contributed by atoms with Gasteiger partial charge in [-0.2, -0.15) is 4.39 Å². The third kappa shape index (κ3) is 3.74. The van der Waals surface area contributed by atoms with E-state index in [2.05, 4.69) is 4.98 Å². The molecule has 2 rings (SSSR count). The van der Waals surface area contributed by atoms with Crippen LogP contribution in [0.5, 0.6) is 5.75 Å². The zero-order chi connectivity index (χ0) is 13.7. The molecule has 0 radical (unpaired) electrons. The predicted molar refractivity (Wildman–Crippen MR) is 69.2 cm³/mol. The zero-order valence-electron chi connectivity index (χ0n) is 10.7. The van der Waals surface area contributed by atoms with E-state index in [1.165, 1.54) is 12.3 Å². The fourth-order valence-corrected chi connectivity index (χ4v) is 1.81. The fraction of sp³-hybridized carbons (Fsp3) is 0.267. The van der Waals surface area contributed by atoms with Gasteiger partial charge in [-0.3, -0.25) is 0 Å². The first-order valence-electron chi connectivity index (χ1n) is 6.20. The molecule has 0 fully saturated rings. The summed E-state index contributed by atoms with van der Waals surface area (Å²) in [6.45, 7) is 2.57. The van der Waals surface area contributed by atoms with Crippen LogP contribution in [0.25, 0.3) is 0 Å². The minimum absolute atomic E-state index is 0.623. The van der Waals surface area contributed by atoms with Crippen LogP contribution in [0.15, 0.2) is 36.5 Å². The fourth-order valence-electron chi connectivity index (χ4n) is 1.81. The van der Waals surface area contributed by atoms with Crippen molar-refractivity contribution >= 4 is 0 Å². The van der Waals surface area contributed by atoms with Crippen LogP contribution in [0.1, 0.15) is 18.1 Å². The Bertz CT molecular complexity index is 540. The quantitative estimate of drug-likeness (QED) is 0.770. The number of nitrogens with zero attached hydrogens (tertiary/aromatic N) is 1. The predicted octanol–water partition coefficient (Wildman–Crippen LogP) is 3.54. The van der Waals surface area contributed by atoms with Crippen molar-refractivity contribution in [2.45, 2.75) is 19.8 Å². The zero-order valence-corrected chi connectivity index (χ0v) is 10.7. The van der Waals surface area contributed by atoms with Crippen molar-refractivity contribution in [2.24, 2.45) is 0 Å². The molecule has 19 heavy (non-hydrogen) atoms. The molecule has 1 aromatic heterocycles. The van der Waals surface area contributed by atoms with Gasteiger partial charge in [0.25, 0.3) is 0 Å². The Labute approximate surface area is 111 Å². The molecule has 0 amide bonds. The van der Waals surface area contributed by atoms with Crippen LogP contribution in [-0.4, -0.2) is 11.6 Å². The van der Waals surface area contributed by atoms with E-state index in [4.69, 9.17) is 4.74 Å². The molecule has 0 atom stereocenters. The second kappa shape index (κ2) is 6.27. The van der Waals surface area contributed by atoms with E-state index in [9.17, 15) is 8.78 Å². The number of pyridine rings is 1. The van der Waals surface area contributed by atoms with Crippen molar-refractivity contribution in [3.8, 4) is 5.75 Å². The first kappa shape index (κ1) is 13.5. The first-order valence-corrected chi connectivity index (χ1v) is 6.20. The molecule has 1 heterocycles. The van der Waals surface area contributed by atoms with Gasteiger partial charge in [0.1, 0.15) is 5.75 Å². The van der Waals surface area contributed by atoms with Crippen molar-refractivity contribution in [1.29, 1.82) is 0 Å². The van der Waals surface area contributed by atoms with E-state index in [-0.39, 0.29) is 0 Å². The molecule has 100 valence electrons. The SMILES string of the molecule is CCOc1ccc(CCc2cnc(F)c(F)c2)cc1. The van der Waals surface area contributed by atoms with Gasteiger partial charge in [-0.05, 0) is 49.1 Å². The Kier molecular flexibility index (Phi) is 4.44. The molecular weight excluding hydrogens is 248 g/mol. The molecule has 0 spiro atoms. The topological polar surface area (TPSA) is 22.1 Å². The van der Waals surface area contributed by atoms with E-state index >= 15 is 0 Å². The highest BCUT2D eigenvalue weighted by molar-refractivity contribution is 5.28. The number of ether oxygens (including phenoxy) is 1. The number of benzene rings is 1. The molecule has 4 heteroatoms. The van der Waals surface area contributed by atoms with Crippen molar-refractivity contribution in [1.82, 2.24) is 4.98 Å². The normalized spacial score (nSPS) is 10.5.